The molecule has 92 valence electrons. The van der Waals surface area contributed by atoms with Crippen molar-refractivity contribution in [2.75, 3.05) is 5.73 Å². The Kier molecular flexibility index (Phi) is 3.68. The van der Waals surface area contributed by atoms with Crippen molar-refractivity contribution in [2.45, 2.75) is 6.92 Å². The van der Waals surface area contributed by atoms with Gasteiger partial charge in [0, 0.05) is 16.2 Å². The number of benzene rings is 1. The third-order valence-corrected chi connectivity index (χ3v) is 3.81. The zero-order chi connectivity index (χ0) is 13.3. The number of aromatic nitrogens is 1. The number of aryl methyl sites for hydroxylation is 1. The molecule has 0 radical (unpaired) electrons. The summed E-state index contributed by atoms with van der Waals surface area (Å²) >= 11 is 9.19. The lowest BCUT2D eigenvalue weighted by Gasteiger charge is -2.08. The van der Waals surface area contributed by atoms with Gasteiger partial charge in [-0.2, -0.15) is 0 Å². The average molecular weight is 326 g/mol. The molecular formula is C13H10BrClN2O. The first kappa shape index (κ1) is 13.1. The lowest BCUT2D eigenvalue weighted by molar-refractivity contribution is 0.103. The Labute approximate surface area is 118 Å². The molecule has 1 heterocycles. The van der Waals surface area contributed by atoms with Crippen LogP contribution in [0.5, 0.6) is 0 Å². The van der Waals surface area contributed by atoms with Gasteiger partial charge in [0.2, 0.25) is 0 Å². The van der Waals surface area contributed by atoms with E-state index < -0.39 is 0 Å². The molecule has 18 heavy (non-hydrogen) atoms. The third-order valence-electron chi connectivity index (χ3n) is 2.60. The normalized spacial score (nSPS) is 10.4. The van der Waals surface area contributed by atoms with Crippen LogP contribution in [-0.4, -0.2) is 10.8 Å². The summed E-state index contributed by atoms with van der Waals surface area (Å²) < 4.78 is 0.676. The number of carbonyl (C=O) groups is 1. The predicted octanol–water partition coefficient (Wildman–Crippen LogP) is 3.62. The number of hydrogen-bond acceptors (Lipinski definition) is 3. The maximum Gasteiger partial charge on any atom is 0.197 e. The quantitative estimate of drug-likeness (QED) is 0.858. The van der Waals surface area contributed by atoms with Crippen molar-refractivity contribution in [1.29, 1.82) is 0 Å². The van der Waals surface area contributed by atoms with Crippen molar-refractivity contribution in [3.63, 3.8) is 0 Å². The minimum atomic E-state index is -0.157. The molecule has 0 unspecified atom stereocenters. The summed E-state index contributed by atoms with van der Waals surface area (Å²) in [5.74, 6) is 0.0848. The summed E-state index contributed by atoms with van der Waals surface area (Å²) in [5.41, 5.74) is 7.52. The fourth-order valence-corrected chi connectivity index (χ4v) is 2.15. The third kappa shape index (κ3) is 2.40. The highest BCUT2D eigenvalue weighted by Crippen LogP contribution is 2.26. The fraction of sp³-hybridized carbons (Fsp3) is 0.0769. The second kappa shape index (κ2) is 5.08. The van der Waals surface area contributed by atoms with E-state index in [1.54, 1.807) is 30.5 Å². The standard InChI is InChI=1S/C13H10BrClN2O/c1-7-4-5-17-13(16)11(7)12(18)8-2-3-10(15)9(14)6-8/h2-6H,1H3,(H2,16,17). The van der Waals surface area contributed by atoms with Crippen molar-refractivity contribution in [3.8, 4) is 0 Å². The summed E-state index contributed by atoms with van der Waals surface area (Å²) in [6.45, 7) is 1.83. The molecule has 0 bridgehead atoms. The molecule has 2 rings (SSSR count). The SMILES string of the molecule is Cc1ccnc(N)c1C(=O)c1ccc(Cl)c(Br)c1. The Morgan fingerprint density at radius 1 is 1.39 bits per heavy atom. The van der Waals surface area contributed by atoms with E-state index in [4.69, 9.17) is 17.3 Å². The van der Waals surface area contributed by atoms with E-state index >= 15 is 0 Å². The second-order valence-electron chi connectivity index (χ2n) is 3.85. The van der Waals surface area contributed by atoms with Crippen molar-refractivity contribution in [1.82, 2.24) is 4.98 Å². The van der Waals surface area contributed by atoms with Gasteiger partial charge in [-0.1, -0.05) is 11.6 Å². The fourth-order valence-electron chi connectivity index (χ4n) is 1.66. The highest BCUT2D eigenvalue weighted by molar-refractivity contribution is 9.10. The highest BCUT2D eigenvalue weighted by atomic mass is 79.9. The molecule has 0 fully saturated rings. The number of hydrogen-bond donors (Lipinski definition) is 1. The highest BCUT2D eigenvalue weighted by Gasteiger charge is 2.16. The summed E-state index contributed by atoms with van der Waals surface area (Å²) in [5, 5.41) is 0.558. The van der Waals surface area contributed by atoms with Gasteiger partial charge < -0.3 is 5.73 Å². The van der Waals surface area contributed by atoms with Crippen molar-refractivity contribution >= 4 is 39.1 Å². The van der Waals surface area contributed by atoms with Crippen LogP contribution in [0.4, 0.5) is 5.82 Å². The van der Waals surface area contributed by atoms with Crippen LogP contribution in [-0.2, 0) is 0 Å². The van der Waals surface area contributed by atoms with Gasteiger partial charge in [-0.05, 0) is 52.7 Å². The monoisotopic (exact) mass is 324 g/mol. The molecule has 0 saturated carbocycles. The van der Waals surface area contributed by atoms with Gasteiger partial charge in [0.1, 0.15) is 5.82 Å². The van der Waals surface area contributed by atoms with Crippen LogP contribution >= 0.6 is 27.5 Å². The maximum absolute atomic E-state index is 12.4. The lowest BCUT2D eigenvalue weighted by atomic mass is 10.0. The molecule has 0 aliphatic rings. The molecule has 2 aromatic rings. The zero-order valence-electron chi connectivity index (χ0n) is 9.58. The van der Waals surface area contributed by atoms with Gasteiger partial charge in [-0.25, -0.2) is 4.98 Å². The Balaban J connectivity index is 2.51. The number of nitrogens with two attached hydrogens (primary N) is 1. The van der Waals surface area contributed by atoms with Gasteiger partial charge in [-0.15, -0.1) is 0 Å². The van der Waals surface area contributed by atoms with Crippen molar-refractivity contribution in [3.05, 3.63) is 56.6 Å². The predicted molar refractivity (Wildman–Crippen MR) is 76.0 cm³/mol. The summed E-state index contributed by atoms with van der Waals surface area (Å²) in [7, 11) is 0. The number of nitrogen functional groups attached to an aromatic ring is 1. The molecule has 0 spiro atoms. The van der Waals surface area contributed by atoms with Gasteiger partial charge in [0.05, 0.1) is 10.6 Å². The molecule has 1 aromatic heterocycles. The number of rotatable bonds is 2. The second-order valence-corrected chi connectivity index (χ2v) is 5.11. The van der Waals surface area contributed by atoms with Gasteiger partial charge in [-0.3, -0.25) is 4.79 Å². The Hall–Kier alpha value is -1.39. The first-order chi connectivity index (χ1) is 8.50. The van der Waals surface area contributed by atoms with E-state index in [0.29, 0.717) is 20.6 Å². The van der Waals surface area contributed by atoms with E-state index in [0.717, 1.165) is 5.56 Å². The number of halogens is 2. The van der Waals surface area contributed by atoms with Crippen LogP contribution < -0.4 is 5.73 Å². The van der Waals surface area contributed by atoms with Crippen molar-refractivity contribution in [2.24, 2.45) is 0 Å². The zero-order valence-corrected chi connectivity index (χ0v) is 11.9. The molecule has 0 atom stereocenters. The number of nitrogens with zero attached hydrogens (tertiary/aromatic N) is 1. The molecule has 0 aliphatic heterocycles. The molecule has 0 saturated heterocycles. The van der Waals surface area contributed by atoms with E-state index in [1.165, 1.54) is 0 Å². The molecule has 0 amide bonds. The number of pyridine rings is 1. The molecular weight excluding hydrogens is 316 g/mol. The van der Waals surface area contributed by atoms with Crippen LogP contribution in [0.1, 0.15) is 21.5 Å². The summed E-state index contributed by atoms with van der Waals surface area (Å²) in [6, 6.07) is 6.77. The first-order valence-electron chi connectivity index (χ1n) is 5.21. The molecule has 5 heteroatoms. The minimum Gasteiger partial charge on any atom is -0.383 e. The smallest absolute Gasteiger partial charge is 0.197 e. The topological polar surface area (TPSA) is 56.0 Å². The molecule has 1 aromatic carbocycles. The van der Waals surface area contributed by atoms with Crippen LogP contribution in [0.3, 0.4) is 0 Å². The van der Waals surface area contributed by atoms with E-state index in [9.17, 15) is 4.79 Å². The minimum absolute atomic E-state index is 0.157. The van der Waals surface area contributed by atoms with Crippen LogP contribution in [0.25, 0.3) is 0 Å². The lowest BCUT2D eigenvalue weighted by Crippen LogP contribution is -2.09. The van der Waals surface area contributed by atoms with Gasteiger partial charge in [0.25, 0.3) is 0 Å². The average Bonchev–Trinajstić information content (AvgIpc) is 2.32. The van der Waals surface area contributed by atoms with Gasteiger partial charge >= 0.3 is 0 Å². The van der Waals surface area contributed by atoms with E-state index in [2.05, 4.69) is 20.9 Å². The Morgan fingerprint density at radius 3 is 2.72 bits per heavy atom. The van der Waals surface area contributed by atoms with E-state index in [1.807, 2.05) is 6.92 Å². The largest absolute Gasteiger partial charge is 0.383 e. The maximum atomic E-state index is 12.4. The number of anilines is 1. The molecule has 2 N–H and O–H groups in total. The number of carbonyl (C=O) groups excluding carboxylic acids is 1. The summed E-state index contributed by atoms with van der Waals surface area (Å²) in [6.07, 6.45) is 1.58. The Bertz CT molecular complexity index is 608. The summed E-state index contributed by atoms with van der Waals surface area (Å²) in [4.78, 5) is 16.3. The van der Waals surface area contributed by atoms with Crippen LogP contribution in [0.2, 0.25) is 5.02 Å². The van der Waals surface area contributed by atoms with E-state index in [-0.39, 0.29) is 11.6 Å². The van der Waals surface area contributed by atoms with Gasteiger partial charge in [0.15, 0.2) is 5.78 Å². The van der Waals surface area contributed by atoms with Crippen molar-refractivity contribution < 1.29 is 4.79 Å². The first-order valence-corrected chi connectivity index (χ1v) is 6.38. The molecule has 3 nitrogen and oxygen atoms in total. The Morgan fingerprint density at radius 2 is 2.11 bits per heavy atom. The van der Waals surface area contributed by atoms with Crippen LogP contribution in [0, 0.1) is 6.92 Å². The molecule has 0 aliphatic carbocycles. The van der Waals surface area contributed by atoms with Crippen LogP contribution in [0.15, 0.2) is 34.9 Å². The number of ketones is 1.